The van der Waals surface area contributed by atoms with Crippen molar-refractivity contribution in [2.45, 2.75) is 38.2 Å². The molecule has 2 amide bonds. The topological polar surface area (TPSA) is 151 Å². The molecule has 0 aliphatic rings. The molecule has 0 heterocycles. The number of carbonyl (C=O) groups excluding carboxylic acids is 3. The highest BCUT2D eigenvalue weighted by molar-refractivity contribution is 5.87. The second kappa shape index (κ2) is 13.5. The van der Waals surface area contributed by atoms with Crippen molar-refractivity contribution in [2.75, 3.05) is 6.54 Å². The summed E-state index contributed by atoms with van der Waals surface area (Å²) in [5.41, 5.74) is 1.52. The van der Waals surface area contributed by atoms with Crippen molar-refractivity contribution in [2.24, 2.45) is 0 Å². The van der Waals surface area contributed by atoms with Crippen LogP contribution in [-0.4, -0.2) is 52.8 Å². The van der Waals surface area contributed by atoms with Crippen molar-refractivity contribution in [3.8, 4) is 0 Å². The number of benzene rings is 2. The van der Waals surface area contributed by atoms with Crippen LogP contribution < -0.4 is 10.6 Å². The van der Waals surface area contributed by atoms with Gasteiger partial charge in [-0.05, 0) is 11.1 Å². The van der Waals surface area contributed by atoms with E-state index in [1.165, 1.54) is 0 Å². The fourth-order valence-electron chi connectivity index (χ4n) is 2.68. The van der Waals surface area contributed by atoms with E-state index in [9.17, 15) is 29.4 Å². The Labute approximate surface area is 190 Å². The molecule has 0 saturated heterocycles. The summed E-state index contributed by atoms with van der Waals surface area (Å²) in [6, 6.07) is 16.3. The zero-order chi connectivity index (χ0) is 24.1. The third-order valence-electron chi connectivity index (χ3n) is 4.36. The SMILES string of the molecule is O=C(C[C@@H](O)CNC(=O)OCc1ccccc1)N[C@@H](CC(=O)OCc1ccccc1)C(=O)O. The maximum absolute atomic E-state index is 12.1. The van der Waals surface area contributed by atoms with E-state index in [4.69, 9.17) is 9.47 Å². The van der Waals surface area contributed by atoms with E-state index in [0.717, 1.165) is 11.1 Å². The van der Waals surface area contributed by atoms with E-state index in [0.29, 0.717) is 0 Å². The number of esters is 1. The van der Waals surface area contributed by atoms with Gasteiger partial charge in [0.05, 0.1) is 18.9 Å². The lowest BCUT2D eigenvalue weighted by molar-refractivity contribution is -0.151. The van der Waals surface area contributed by atoms with E-state index in [-0.39, 0.29) is 19.8 Å². The maximum atomic E-state index is 12.1. The number of rotatable bonds is 12. The highest BCUT2D eigenvalue weighted by atomic mass is 16.5. The highest BCUT2D eigenvalue weighted by Gasteiger charge is 2.25. The first kappa shape index (κ1) is 25.3. The number of hydrogen-bond donors (Lipinski definition) is 4. The Kier molecular flexibility index (Phi) is 10.4. The molecular formula is C23H26N2O8. The number of ether oxygens (including phenoxy) is 2. The average Bonchev–Trinajstić information content (AvgIpc) is 2.81. The summed E-state index contributed by atoms with van der Waals surface area (Å²) in [4.78, 5) is 47.0. The van der Waals surface area contributed by atoms with Gasteiger partial charge < -0.3 is 30.3 Å². The van der Waals surface area contributed by atoms with Crippen LogP contribution in [0.2, 0.25) is 0 Å². The molecule has 2 aromatic carbocycles. The molecule has 2 rings (SSSR count). The van der Waals surface area contributed by atoms with Crippen molar-refractivity contribution in [3.05, 3.63) is 71.8 Å². The molecule has 2 atom stereocenters. The van der Waals surface area contributed by atoms with Gasteiger partial charge >= 0.3 is 18.0 Å². The van der Waals surface area contributed by atoms with Crippen LogP contribution >= 0.6 is 0 Å². The molecule has 10 nitrogen and oxygen atoms in total. The van der Waals surface area contributed by atoms with Crippen LogP contribution in [0.15, 0.2) is 60.7 Å². The molecular weight excluding hydrogens is 432 g/mol. The summed E-state index contributed by atoms with van der Waals surface area (Å²) in [6.07, 6.45) is -3.12. The number of carboxylic acid groups (broad SMARTS) is 1. The smallest absolute Gasteiger partial charge is 0.407 e. The molecule has 0 fully saturated rings. The molecule has 0 aliphatic heterocycles. The Balaban J connectivity index is 1.69. The minimum atomic E-state index is -1.52. The Morgan fingerprint density at radius 3 is 1.91 bits per heavy atom. The van der Waals surface area contributed by atoms with E-state index in [1.807, 2.05) is 6.07 Å². The Bertz CT molecular complexity index is 921. The van der Waals surface area contributed by atoms with Crippen molar-refractivity contribution < 1.29 is 38.9 Å². The number of carbonyl (C=O) groups is 4. The molecule has 4 N–H and O–H groups in total. The van der Waals surface area contributed by atoms with Crippen LogP contribution in [0, 0.1) is 0 Å². The quantitative estimate of drug-likeness (QED) is 0.348. The van der Waals surface area contributed by atoms with Gasteiger partial charge in [-0.3, -0.25) is 9.59 Å². The van der Waals surface area contributed by atoms with E-state index in [1.54, 1.807) is 54.6 Å². The first-order valence-electron chi connectivity index (χ1n) is 10.2. The van der Waals surface area contributed by atoms with Crippen LogP contribution in [0.5, 0.6) is 0 Å². The summed E-state index contributed by atoms with van der Waals surface area (Å²) in [5, 5.41) is 23.7. The third kappa shape index (κ3) is 10.3. The molecule has 10 heteroatoms. The number of aliphatic hydroxyl groups excluding tert-OH is 1. The van der Waals surface area contributed by atoms with Gasteiger partial charge in [-0.1, -0.05) is 60.7 Å². The molecule has 0 aromatic heterocycles. The lowest BCUT2D eigenvalue weighted by atomic mass is 10.1. The van der Waals surface area contributed by atoms with Crippen LogP contribution in [0.25, 0.3) is 0 Å². The van der Waals surface area contributed by atoms with Gasteiger partial charge in [0.1, 0.15) is 19.3 Å². The highest BCUT2D eigenvalue weighted by Crippen LogP contribution is 2.04. The number of hydrogen-bond acceptors (Lipinski definition) is 7. The van der Waals surface area contributed by atoms with Crippen molar-refractivity contribution in [1.82, 2.24) is 10.6 Å². The number of aliphatic carboxylic acids is 1. The van der Waals surface area contributed by atoms with Crippen LogP contribution in [0.1, 0.15) is 24.0 Å². The van der Waals surface area contributed by atoms with Crippen molar-refractivity contribution in [1.29, 1.82) is 0 Å². The predicted octanol–water partition coefficient (Wildman–Crippen LogP) is 1.37. The zero-order valence-corrected chi connectivity index (χ0v) is 17.8. The molecule has 0 aliphatic carbocycles. The lowest BCUT2D eigenvalue weighted by Gasteiger charge is -2.16. The molecule has 33 heavy (non-hydrogen) atoms. The van der Waals surface area contributed by atoms with Crippen molar-refractivity contribution >= 4 is 23.9 Å². The van der Waals surface area contributed by atoms with Crippen molar-refractivity contribution in [3.63, 3.8) is 0 Å². The standard InChI is InChI=1S/C23H26N2O8/c26-18(13-24-23(31)33-15-17-9-5-2-6-10-17)11-20(27)25-19(22(29)30)12-21(28)32-14-16-7-3-1-4-8-16/h1-10,18-19,26H,11-15H2,(H,24,31)(H,25,27)(H,29,30)/t18-,19+/m1/s1. The van der Waals surface area contributed by atoms with Crippen LogP contribution in [0.3, 0.4) is 0 Å². The van der Waals surface area contributed by atoms with Gasteiger partial charge in [0.15, 0.2) is 0 Å². The number of nitrogens with one attached hydrogen (secondary N) is 2. The second-order valence-corrected chi connectivity index (χ2v) is 7.11. The Hall–Kier alpha value is -3.92. The van der Waals surface area contributed by atoms with Gasteiger partial charge in [0.25, 0.3) is 0 Å². The largest absolute Gasteiger partial charge is 0.480 e. The van der Waals surface area contributed by atoms with Gasteiger partial charge in [-0.2, -0.15) is 0 Å². The second-order valence-electron chi connectivity index (χ2n) is 7.11. The minimum Gasteiger partial charge on any atom is -0.480 e. The van der Waals surface area contributed by atoms with E-state index >= 15 is 0 Å². The summed E-state index contributed by atoms with van der Waals surface area (Å²) < 4.78 is 10.0. The number of amides is 2. The number of alkyl carbamates (subject to hydrolysis) is 1. The van der Waals surface area contributed by atoms with Gasteiger partial charge in [0.2, 0.25) is 5.91 Å². The normalized spacial score (nSPS) is 12.2. The lowest BCUT2D eigenvalue weighted by Crippen LogP contribution is -2.44. The Morgan fingerprint density at radius 1 is 0.818 bits per heavy atom. The fraction of sp³-hybridized carbons (Fsp3) is 0.304. The van der Waals surface area contributed by atoms with Gasteiger partial charge in [-0.15, -0.1) is 0 Å². The summed E-state index contributed by atoms with van der Waals surface area (Å²) in [7, 11) is 0. The number of aliphatic hydroxyl groups is 1. The summed E-state index contributed by atoms with van der Waals surface area (Å²) in [5.74, 6) is -3.02. The minimum absolute atomic E-state index is 0.0231. The first-order chi connectivity index (χ1) is 15.8. The van der Waals surface area contributed by atoms with Gasteiger partial charge in [0, 0.05) is 6.54 Å². The summed E-state index contributed by atoms with van der Waals surface area (Å²) >= 11 is 0. The molecule has 2 aromatic rings. The van der Waals surface area contributed by atoms with E-state index in [2.05, 4.69) is 10.6 Å². The Morgan fingerprint density at radius 2 is 1.36 bits per heavy atom. The maximum Gasteiger partial charge on any atom is 0.407 e. The molecule has 0 bridgehead atoms. The molecule has 0 unspecified atom stereocenters. The van der Waals surface area contributed by atoms with E-state index < -0.39 is 48.9 Å². The summed E-state index contributed by atoms with van der Waals surface area (Å²) in [6.45, 7) is -0.257. The first-order valence-corrected chi connectivity index (χ1v) is 10.2. The molecule has 0 radical (unpaired) electrons. The van der Waals surface area contributed by atoms with Crippen LogP contribution in [0.4, 0.5) is 4.79 Å². The third-order valence-corrected chi connectivity index (χ3v) is 4.36. The van der Waals surface area contributed by atoms with Gasteiger partial charge in [-0.25, -0.2) is 9.59 Å². The average molecular weight is 458 g/mol. The number of carboxylic acids is 1. The molecule has 0 spiro atoms. The molecule has 176 valence electrons. The van der Waals surface area contributed by atoms with Crippen LogP contribution in [-0.2, 0) is 37.1 Å². The molecule has 0 saturated carbocycles. The monoisotopic (exact) mass is 458 g/mol. The predicted molar refractivity (Wildman–Crippen MR) is 116 cm³/mol. The fourth-order valence-corrected chi connectivity index (χ4v) is 2.68. The zero-order valence-electron chi connectivity index (χ0n) is 17.8.